The molecule has 3 rings (SSSR count). The molecule has 0 amide bonds. The third kappa shape index (κ3) is 2.63. The van der Waals surface area contributed by atoms with Crippen LogP contribution in [0.15, 0.2) is 16.6 Å². The average Bonchev–Trinajstić information content (AvgIpc) is 3.15. The SMILES string of the molecule is Cc1cc(Br)c(NC(C2CC2)C2CC2)cc1Cl. The summed E-state index contributed by atoms with van der Waals surface area (Å²) < 4.78 is 1.13. The van der Waals surface area contributed by atoms with Crippen molar-refractivity contribution >= 4 is 33.2 Å². The molecular weight excluding hydrogens is 298 g/mol. The Morgan fingerprint density at radius 1 is 1.24 bits per heavy atom. The molecule has 0 spiro atoms. The molecule has 0 saturated heterocycles. The molecule has 0 aromatic heterocycles. The quantitative estimate of drug-likeness (QED) is 0.823. The second kappa shape index (κ2) is 4.47. The van der Waals surface area contributed by atoms with Gasteiger partial charge in [0, 0.05) is 15.5 Å². The third-order valence-corrected chi connectivity index (χ3v) is 4.89. The first kappa shape index (κ1) is 11.9. The largest absolute Gasteiger partial charge is 0.381 e. The zero-order valence-corrected chi connectivity index (χ0v) is 12.3. The van der Waals surface area contributed by atoms with Gasteiger partial charge in [0.25, 0.3) is 0 Å². The number of hydrogen-bond acceptors (Lipinski definition) is 1. The van der Waals surface area contributed by atoms with Crippen LogP contribution in [-0.2, 0) is 0 Å². The van der Waals surface area contributed by atoms with Gasteiger partial charge in [-0.15, -0.1) is 0 Å². The first-order valence-electron chi connectivity index (χ1n) is 6.37. The zero-order valence-electron chi connectivity index (χ0n) is 9.97. The van der Waals surface area contributed by atoms with Crippen molar-refractivity contribution in [2.75, 3.05) is 5.32 Å². The fourth-order valence-corrected chi connectivity index (χ4v) is 3.20. The van der Waals surface area contributed by atoms with E-state index < -0.39 is 0 Å². The Hall–Kier alpha value is -0.210. The van der Waals surface area contributed by atoms with Crippen LogP contribution in [0, 0.1) is 18.8 Å². The third-order valence-electron chi connectivity index (χ3n) is 3.83. The Morgan fingerprint density at radius 2 is 1.82 bits per heavy atom. The van der Waals surface area contributed by atoms with Crippen molar-refractivity contribution in [3.05, 3.63) is 27.2 Å². The molecule has 17 heavy (non-hydrogen) atoms. The maximum absolute atomic E-state index is 6.20. The van der Waals surface area contributed by atoms with Gasteiger partial charge in [0.2, 0.25) is 0 Å². The topological polar surface area (TPSA) is 12.0 Å². The minimum absolute atomic E-state index is 0.671. The van der Waals surface area contributed by atoms with Crippen molar-refractivity contribution < 1.29 is 0 Å². The molecule has 0 unspecified atom stereocenters. The molecular formula is C14H17BrClN. The number of aryl methyl sites for hydroxylation is 1. The molecule has 0 heterocycles. The lowest BCUT2D eigenvalue weighted by molar-refractivity contribution is 0.567. The normalized spacial score (nSPS) is 19.8. The smallest absolute Gasteiger partial charge is 0.0502 e. The summed E-state index contributed by atoms with van der Waals surface area (Å²) in [6.45, 7) is 2.04. The number of halogens is 2. The molecule has 1 aromatic carbocycles. The van der Waals surface area contributed by atoms with E-state index in [-0.39, 0.29) is 0 Å². The average molecular weight is 315 g/mol. The predicted molar refractivity (Wildman–Crippen MR) is 76.7 cm³/mol. The van der Waals surface area contributed by atoms with E-state index in [1.165, 1.54) is 25.7 Å². The van der Waals surface area contributed by atoms with Crippen LogP contribution in [-0.4, -0.2) is 6.04 Å². The summed E-state index contributed by atoms with van der Waals surface area (Å²) in [5.41, 5.74) is 2.28. The summed E-state index contributed by atoms with van der Waals surface area (Å²) in [5.74, 6) is 1.80. The standard InChI is InChI=1S/C14H17BrClN/c1-8-6-11(15)13(7-12(8)16)17-14(9-2-3-9)10-4-5-10/h6-7,9-10,14,17H,2-5H2,1H3. The fraction of sp³-hybridized carbons (Fsp3) is 0.571. The van der Waals surface area contributed by atoms with Crippen molar-refractivity contribution in [1.82, 2.24) is 0 Å². The predicted octanol–water partition coefficient (Wildman–Crippen LogP) is 5.01. The van der Waals surface area contributed by atoms with E-state index >= 15 is 0 Å². The molecule has 0 aliphatic heterocycles. The van der Waals surface area contributed by atoms with Crippen molar-refractivity contribution in [2.45, 2.75) is 38.6 Å². The Bertz CT molecular complexity index is 426. The van der Waals surface area contributed by atoms with Crippen LogP contribution in [0.4, 0.5) is 5.69 Å². The Morgan fingerprint density at radius 3 is 2.35 bits per heavy atom. The molecule has 0 atom stereocenters. The van der Waals surface area contributed by atoms with Gasteiger partial charge in [-0.2, -0.15) is 0 Å². The molecule has 3 heteroatoms. The Kier molecular flexibility index (Phi) is 3.12. The summed E-state index contributed by atoms with van der Waals surface area (Å²) in [7, 11) is 0. The first-order chi connectivity index (χ1) is 8.15. The van der Waals surface area contributed by atoms with E-state index in [2.05, 4.69) is 33.4 Å². The van der Waals surface area contributed by atoms with Crippen molar-refractivity contribution in [1.29, 1.82) is 0 Å². The summed E-state index contributed by atoms with van der Waals surface area (Å²) in [4.78, 5) is 0. The lowest BCUT2D eigenvalue weighted by atomic mass is 10.1. The Balaban J connectivity index is 1.81. The van der Waals surface area contributed by atoms with E-state index in [1.807, 2.05) is 6.92 Å². The molecule has 2 saturated carbocycles. The summed E-state index contributed by atoms with van der Waals surface area (Å²) >= 11 is 9.83. The molecule has 2 fully saturated rings. The van der Waals surface area contributed by atoms with Crippen LogP contribution in [0.2, 0.25) is 5.02 Å². The lowest BCUT2D eigenvalue weighted by Gasteiger charge is -2.20. The van der Waals surface area contributed by atoms with E-state index in [1.54, 1.807) is 0 Å². The molecule has 92 valence electrons. The highest BCUT2D eigenvalue weighted by molar-refractivity contribution is 9.10. The molecule has 1 aromatic rings. The molecule has 1 N–H and O–H groups in total. The van der Waals surface area contributed by atoms with E-state index in [0.29, 0.717) is 6.04 Å². The van der Waals surface area contributed by atoms with Crippen molar-refractivity contribution in [3.63, 3.8) is 0 Å². The van der Waals surface area contributed by atoms with Gasteiger partial charge in [0.1, 0.15) is 0 Å². The van der Waals surface area contributed by atoms with Gasteiger partial charge in [-0.05, 0) is 78.1 Å². The van der Waals surface area contributed by atoms with Gasteiger partial charge >= 0.3 is 0 Å². The van der Waals surface area contributed by atoms with Crippen LogP contribution >= 0.6 is 27.5 Å². The highest BCUT2D eigenvalue weighted by atomic mass is 79.9. The second-order valence-electron chi connectivity index (χ2n) is 5.43. The highest BCUT2D eigenvalue weighted by Gasteiger charge is 2.41. The van der Waals surface area contributed by atoms with Crippen LogP contribution in [0.1, 0.15) is 31.2 Å². The van der Waals surface area contributed by atoms with E-state index in [0.717, 1.165) is 32.6 Å². The van der Waals surface area contributed by atoms with Gasteiger partial charge in [-0.3, -0.25) is 0 Å². The second-order valence-corrected chi connectivity index (χ2v) is 6.69. The molecule has 0 bridgehead atoms. The number of rotatable bonds is 4. The van der Waals surface area contributed by atoms with Gasteiger partial charge < -0.3 is 5.32 Å². The summed E-state index contributed by atoms with van der Waals surface area (Å²) in [5, 5.41) is 4.56. The van der Waals surface area contributed by atoms with Gasteiger partial charge in [0.05, 0.1) is 5.69 Å². The summed E-state index contributed by atoms with van der Waals surface area (Å²) in [6.07, 6.45) is 5.58. The van der Waals surface area contributed by atoms with Crippen molar-refractivity contribution in [2.24, 2.45) is 11.8 Å². The van der Waals surface area contributed by atoms with Crippen LogP contribution in [0.5, 0.6) is 0 Å². The highest BCUT2D eigenvalue weighted by Crippen LogP contribution is 2.46. The minimum Gasteiger partial charge on any atom is -0.381 e. The maximum Gasteiger partial charge on any atom is 0.0502 e. The van der Waals surface area contributed by atoms with Crippen LogP contribution < -0.4 is 5.32 Å². The molecule has 0 radical (unpaired) electrons. The number of benzene rings is 1. The van der Waals surface area contributed by atoms with E-state index in [9.17, 15) is 0 Å². The first-order valence-corrected chi connectivity index (χ1v) is 7.54. The molecule has 2 aliphatic carbocycles. The van der Waals surface area contributed by atoms with Crippen LogP contribution in [0.3, 0.4) is 0 Å². The monoisotopic (exact) mass is 313 g/mol. The minimum atomic E-state index is 0.671. The Labute approximate surface area is 116 Å². The molecule has 1 nitrogen and oxygen atoms in total. The van der Waals surface area contributed by atoms with Gasteiger partial charge in [-0.25, -0.2) is 0 Å². The lowest BCUT2D eigenvalue weighted by Crippen LogP contribution is -2.24. The number of hydrogen-bond donors (Lipinski definition) is 1. The van der Waals surface area contributed by atoms with Gasteiger partial charge in [0.15, 0.2) is 0 Å². The zero-order chi connectivity index (χ0) is 12.0. The van der Waals surface area contributed by atoms with Crippen LogP contribution in [0.25, 0.3) is 0 Å². The fourth-order valence-electron chi connectivity index (χ4n) is 2.47. The molecule has 2 aliphatic rings. The van der Waals surface area contributed by atoms with E-state index in [4.69, 9.17) is 11.6 Å². The maximum atomic E-state index is 6.20. The number of nitrogens with one attached hydrogen (secondary N) is 1. The van der Waals surface area contributed by atoms with Gasteiger partial charge in [-0.1, -0.05) is 11.6 Å². The van der Waals surface area contributed by atoms with Crippen molar-refractivity contribution in [3.8, 4) is 0 Å². The number of anilines is 1. The summed E-state index contributed by atoms with van der Waals surface area (Å²) in [6, 6.07) is 4.82.